The molecule has 1 aromatic heterocycles. The molecule has 1 fully saturated rings. The Morgan fingerprint density at radius 1 is 0.939 bits per heavy atom. The van der Waals surface area contributed by atoms with Crippen LogP contribution in [0.15, 0.2) is 72.9 Å². The molecule has 33 heavy (non-hydrogen) atoms. The van der Waals surface area contributed by atoms with Crippen molar-refractivity contribution in [2.45, 2.75) is 39.5 Å². The van der Waals surface area contributed by atoms with Crippen molar-refractivity contribution < 1.29 is 9.53 Å². The maximum absolute atomic E-state index is 12.2. The van der Waals surface area contributed by atoms with Gasteiger partial charge in [0.2, 0.25) is 0 Å². The van der Waals surface area contributed by atoms with Gasteiger partial charge in [-0.2, -0.15) is 0 Å². The third kappa shape index (κ3) is 6.97. The van der Waals surface area contributed by atoms with E-state index >= 15 is 0 Å². The molecule has 0 atom stereocenters. The predicted octanol–water partition coefficient (Wildman–Crippen LogP) is 4.90. The van der Waals surface area contributed by atoms with Crippen molar-refractivity contribution >= 4 is 11.7 Å². The van der Waals surface area contributed by atoms with Gasteiger partial charge in [-0.25, -0.2) is 4.79 Å². The van der Waals surface area contributed by atoms with Crippen LogP contribution in [-0.4, -0.2) is 24.1 Å². The number of hydrogen-bond donors (Lipinski definition) is 2. The quantitative estimate of drug-likeness (QED) is 0.519. The monoisotopic (exact) mass is 444 g/mol. The molecule has 4 rings (SSSR count). The van der Waals surface area contributed by atoms with Gasteiger partial charge in [0.25, 0.3) is 0 Å². The van der Waals surface area contributed by atoms with E-state index in [2.05, 4.69) is 51.7 Å². The average molecular weight is 445 g/mol. The zero-order chi connectivity index (χ0) is 22.9. The lowest BCUT2D eigenvalue weighted by Gasteiger charge is -2.32. The molecule has 0 spiro atoms. The number of amides is 2. The topological polar surface area (TPSA) is 66.5 Å². The molecule has 2 N–H and O–H groups in total. The van der Waals surface area contributed by atoms with Crippen LogP contribution in [-0.2, 0) is 19.7 Å². The highest BCUT2D eigenvalue weighted by Crippen LogP contribution is 2.23. The largest absolute Gasteiger partial charge is 0.487 e. The second-order valence-electron chi connectivity index (χ2n) is 8.63. The summed E-state index contributed by atoms with van der Waals surface area (Å²) in [6.45, 7) is 5.96. The molecular weight excluding hydrogens is 412 g/mol. The number of piperidine rings is 1. The van der Waals surface area contributed by atoms with Gasteiger partial charge in [-0.1, -0.05) is 37.3 Å². The van der Waals surface area contributed by atoms with Crippen LogP contribution >= 0.6 is 0 Å². The Labute approximate surface area is 196 Å². The molecule has 1 aliphatic heterocycles. The van der Waals surface area contributed by atoms with E-state index in [1.807, 2.05) is 42.5 Å². The Balaban J connectivity index is 1.16. The highest BCUT2D eigenvalue weighted by Gasteiger charge is 2.15. The highest BCUT2D eigenvalue weighted by molar-refractivity contribution is 5.73. The smallest absolute Gasteiger partial charge is 0.315 e. The van der Waals surface area contributed by atoms with Crippen LogP contribution < -0.4 is 20.3 Å². The molecule has 0 radical (unpaired) electrons. The van der Waals surface area contributed by atoms with E-state index in [9.17, 15) is 4.79 Å². The zero-order valence-corrected chi connectivity index (χ0v) is 19.2. The zero-order valence-electron chi connectivity index (χ0n) is 19.2. The van der Waals surface area contributed by atoms with Gasteiger partial charge in [-0.3, -0.25) is 4.98 Å². The Hall–Kier alpha value is -3.54. The molecule has 0 aliphatic carbocycles. The minimum absolute atomic E-state index is 0.181. The van der Waals surface area contributed by atoms with Crippen molar-refractivity contribution in [3.8, 4) is 5.75 Å². The van der Waals surface area contributed by atoms with Gasteiger partial charge >= 0.3 is 6.03 Å². The van der Waals surface area contributed by atoms with Crippen molar-refractivity contribution in [3.63, 3.8) is 0 Å². The summed E-state index contributed by atoms with van der Waals surface area (Å²) in [7, 11) is 0. The highest BCUT2D eigenvalue weighted by atomic mass is 16.5. The van der Waals surface area contributed by atoms with Crippen molar-refractivity contribution in [2.24, 2.45) is 5.92 Å². The normalized spacial score (nSPS) is 14.0. The van der Waals surface area contributed by atoms with E-state index in [0.29, 0.717) is 19.7 Å². The molecule has 3 aromatic rings. The van der Waals surface area contributed by atoms with Gasteiger partial charge in [0.15, 0.2) is 0 Å². The molecule has 0 unspecified atom stereocenters. The number of ether oxygens (including phenoxy) is 1. The maximum atomic E-state index is 12.2. The van der Waals surface area contributed by atoms with Crippen molar-refractivity contribution in [3.05, 3.63) is 89.7 Å². The Morgan fingerprint density at radius 3 is 2.18 bits per heavy atom. The summed E-state index contributed by atoms with van der Waals surface area (Å²) in [4.78, 5) is 18.9. The van der Waals surface area contributed by atoms with Crippen molar-refractivity contribution in [1.29, 1.82) is 0 Å². The summed E-state index contributed by atoms with van der Waals surface area (Å²) in [5.41, 5.74) is 4.25. The molecule has 2 heterocycles. The number of anilines is 1. The second kappa shape index (κ2) is 11.4. The van der Waals surface area contributed by atoms with E-state index < -0.39 is 0 Å². The fourth-order valence-corrected chi connectivity index (χ4v) is 3.86. The first kappa shape index (κ1) is 22.6. The van der Waals surface area contributed by atoms with Crippen LogP contribution in [0.5, 0.6) is 5.75 Å². The molecule has 1 saturated heterocycles. The average Bonchev–Trinajstić information content (AvgIpc) is 2.87. The number of nitrogens with one attached hydrogen (secondary N) is 2. The van der Waals surface area contributed by atoms with Gasteiger partial charge < -0.3 is 20.3 Å². The van der Waals surface area contributed by atoms with Gasteiger partial charge in [0.1, 0.15) is 12.4 Å². The van der Waals surface area contributed by atoms with Crippen LogP contribution in [0.1, 0.15) is 36.6 Å². The number of urea groups is 1. The third-order valence-corrected chi connectivity index (χ3v) is 6.03. The molecule has 172 valence electrons. The fourth-order valence-electron chi connectivity index (χ4n) is 3.86. The summed E-state index contributed by atoms with van der Waals surface area (Å²) in [6, 6.07) is 21.8. The summed E-state index contributed by atoms with van der Waals surface area (Å²) >= 11 is 0. The SMILES string of the molecule is CC1CCN(c2ccc(CNC(=O)NCc3ccc(OCc4ccccn4)cc3)cc2)CC1. The lowest BCUT2D eigenvalue weighted by Crippen LogP contribution is -2.34. The molecule has 6 heteroatoms. The second-order valence-corrected chi connectivity index (χ2v) is 8.63. The van der Waals surface area contributed by atoms with Crippen LogP contribution in [0.25, 0.3) is 0 Å². The number of pyridine rings is 1. The van der Waals surface area contributed by atoms with Crippen LogP contribution in [0.3, 0.4) is 0 Å². The van der Waals surface area contributed by atoms with E-state index in [4.69, 9.17) is 4.74 Å². The number of carbonyl (C=O) groups excluding carboxylic acids is 1. The molecule has 0 bridgehead atoms. The number of aromatic nitrogens is 1. The van der Waals surface area contributed by atoms with Crippen LogP contribution in [0, 0.1) is 5.92 Å². The number of nitrogens with zero attached hydrogens (tertiary/aromatic N) is 2. The van der Waals surface area contributed by atoms with E-state index in [1.165, 1.54) is 18.5 Å². The molecule has 2 aromatic carbocycles. The molecule has 2 amide bonds. The van der Waals surface area contributed by atoms with Crippen molar-refractivity contribution in [2.75, 3.05) is 18.0 Å². The number of hydrogen-bond acceptors (Lipinski definition) is 4. The number of benzene rings is 2. The van der Waals surface area contributed by atoms with Crippen LogP contribution in [0.4, 0.5) is 10.5 Å². The lowest BCUT2D eigenvalue weighted by molar-refractivity contribution is 0.240. The van der Waals surface area contributed by atoms with Gasteiger partial charge in [0.05, 0.1) is 5.69 Å². The first-order valence-electron chi connectivity index (χ1n) is 11.6. The Morgan fingerprint density at radius 2 is 1.58 bits per heavy atom. The van der Waals surface area contributed by atoms with E-state index in [-0.39, 0.29) is 6.03 Å². The van der Waals surface area contributed by atoms with Crippen molar-refractivity contribution in [1.82, 2.24) is 15.6 Å². The molecule has 0 saturated carbocycles. The molecule has 1 aliphatic rings. The fraction of sp³-hybridized carbons (Fsp3) is 0.333. The predicted molar refractivity (Wildman–Crippen MR) is 131 cm³/mol. The molecular formula is C27H32N4O2. The standard InChI is InChI=1S/C27H32N4O2/c1-21-13-16-31(17-14-21)25-9-5-22(6-10-25)18-29-27(32)30-19-23-7-11-26(12-8-23)33-20-24-4-2-3-15-28-24/h2-12,15,21H,13-14,16-20H2,1H3,(H2,29,30,32). The number of rotatable bonds is 8. The third-order valence-electron chi connectivity index (χ3n) is 6.03. The minimum atomic E-state index is -0.181. The van der Waals surface area contributed by atoms with E-state index in [0.717, 1.165) is 41.6 Å². The maximum Gasteiger partial charge on any atom is 0.315 e. The van der Waals surface area contributed by atoms with Gasteiger partial charge in [-0.05, 0) is 66.3 Å². The Kier molecular flexibility index (Phi) is 7.80. The first-order chi connectivity index (χ1) is 16.2. The lowest BCUT2D eigenvalue weighted by atomic mass is 9.99. The minimum Gasteiger partial charge on any atom is -0.487 e. The summed E-state index contributed by atoms with van der Waals surface area (Å²) in [5.74, 6) is 1.60. The van der Waals surface area contributed by atoms with Gasteiger partial charge in [-0.15, -0.1) is 0 Å². The van der Waals surface area contributed by atoms with Gasteiger partial charge in [0, 0.05) is 38.1 Å². The molecule has 6 nitrogen and oxygen atoms in total. The summed E-state index contributed by atoms with van der Waals surface area (Å²) in [6.07, 6.45) is 4.26. The van der Waals surface area contributed by atoms with E-state index in [1.54, 1.807) is 6.20 Å². The van der Waals surface area contributed by atoms with Crippen LogP contribution in [0.2, 0.25) is 0 Å². The summed E-state index contributed by atoms with van der Waals surface area (Å²) < 4.78 is 5.75. The first-order valence-corrected chi connectivity index (χ1v) is 11.6. The number of carbonyl (C=O) groups is 1. The Bertz CT molecular complexity index is 999. The summed E-state index contributed by atoms with van der Waals surface area (Å²) in [5, 5.41) is 5.83.